The van der Waals surface area contributed by atoms with E-state index in [2.05, 4.69) is 33.1 Å². The summed E-state index contributed by atoms with van der Waals surface area (Å²) in [5.74, 6) is 2.50. The Balaban J connectivity index is 1.32. The van der Waals surface area contributed by atoms with Gasteiger partial charge in [0.2, 0.25) is 0 Å². The van der Waals surface area contributed by atoms with E-state index in [-0.39, 0.29) is 32.4 Å². The molecule has 12 heteroatoms. The second-order valence-corrected chi connectivity index (χ2v) is 10.9. The number of nitriles is 2. The first-order valence-corrected chi connectivity index (χ1v) is 15.5. The van der Waals surface area contributed by atoms with Gasteiger partial charge in [0.1, 0.15) is 50.1 Å². The number of amides is 2. The zero-order valence-electron chi connectivity index (χ0n) is 26.5. The van der Waals surface area contributed by atoms with Crippen LogP contribution < -0.4 is 34.9 Å². The molecule has 0 radical (unpaired) electrons. The number of nitrogens with one attached hydrogen (secondary N) is 3. The standard InChI is InChI=1S/C36H36N6O6/c1-24-13-29(21-39-7-8-41-36(44)42-9-10-43)34(47-22-26-14-25(17-37)19-40-20-26)16-33(24)48-23-28-3-2-4-30(31(28)18-38)27-5-6-32-35(15-27)46-12-11-45-32/h2-6,13-16,19-20,39,43H,7-12,21-23H2,1H3,(H2,41,42,44). The highest BCUT2D eigenvalue weighted by atomic mass is 16.6. The summed E-state index contributed by atoms with van der Waals surface area (Å²) in [5, 5.41) is 36.9. The van der Waals surface area contributed by atoms with Crippen LogP contribution in [-0.4, -0.2) is 55.6 Å². The first-order valence-electron chi connectivity index (χ1n) is 15.5. The van der Waals surface area contributed by atoms with Crippen molar-refractivity contribution < 1.29 is 28.8 Å². The maximum atomic E-state index is 11.7. The summed E-state index contributed by atoms with van der Waals surface area (Å²) < 4.78 is 23.9. The molecule has 4 aromatic rings. The zero-order valence-corrected chi connectivity index (χ0v) is 26.5. The van der Waals surface area contributed by atoms with Gasteiger partial charge in [-0.15, -0.1) is 0 Å². The average Bonchev–Trinajstić information content (AvgIpc) is 3.12. The lowest BCUT2D eigenvalue weighted by molar-refractivity contribution is 0.171. The smallest absolute Gasteiger partial charge is 0.314 e. The number of rotatable bonds is 14. The van der Waals surface area contributed by atoms with Crippen LogP contribution in [0.2, 0.25) is 0 Å². The predicted octanol–water partition coefficient (Wildman–Crippen LogP) is 4.11. The molecule has 0 saturated carbocycles. The molecular weight excluding hydrogens is 612 g/mol. The molecule has 246 valence electrons. The van der Waals surface area contributed by atoms with Gasteiger partial charge in [0.05, 0.1) is 17.7 Å². The van der Waals surface area contributed by atoms with Crippen LogP contribution in [-0.2, 0) is 19.8 Å². The number of aliphatic hydroxyl groups excluding tert-OH is 1. The summed E-state index contributed by atoms with van der Waals surface area (Å²) in [4.78, 5) is 15.9. The molecule has 1 aliphatic heterocycles. The maximum absolute atomic E-state index is 11.7. The lowest BCUT2D eigenvalue weighted by Gasteiger charge is -2.19. The number of carbonyl (C=O) groups excluding carboxylic acids is 1. The lowest BCUT2D eigenvalue weighted by Crippen LogP contribution is -2.40. The number of fused-ring (bicyclic) bond motifs is 1. The van der Waals surface area contributed by atoms with Gasteiger partial charge in [-0.2, -0.15) is 10.5 Å². The second-order valence-electron chi connectivity index (χ2n) is 10.9. The van der Waals surface area contributed by atoms with Crippen LogP contribution in [0.25, 0.3) is 11.1 Å². The monoisotopic (exact) mass is 648 g/mol. The highest BCUT2D eigenvalue weighted by molar-refractivity contribution is 5.74. The van der Waals surface area contributed by atoms with Crippen LogP contribution in [0.1, 0.15) is 33.4 Å². The zero-order chi connectivity index (χ0) is 33.7. The highest BCUT2D eigenvalue weighted by Gasteiger charge is 2.17. The first-order chi connectivity index (χ1) is 23.5. The third-order valence-corrected chi connectivity index (χ3v) is 7.48. The Morgan fingerprint density at radius 1 is 0.896 bits per heavy atom. The van der Waals surface area contributed by atoms with Gasteiger partial charge in [-0.25, -0.2) is 4.79 Å². The third-order valence-electron chi connectivity index (χ3n) is 7.48. The molecule has 0 bridgehead atoms. The molecule has 0 aliphatic carbocycles. The number of aryl methyl sites for hydroxylation is 1. The minimum atomic E-state index is -0.350. The largest absolute Gasteiger partial charge is 0.488 e. The number of benzene rings is 3. The van der Waals surface area contributed by atoms with Crippen molar-refractivity contribution in [3.63, 3.8) is 0 Å². The Hall–Kier alpha value is -5.82. The van der Waals surface area contributed by atoms with E-state index in [1.165, 1.54) is 6.20 Å². The SMILES string of the molecule is Cc1cc(CNCCNC(=O)NCCO)c(OCc2cncc(C#N)c2)cc1OCc1cccc(-c2ccc3c(c2)OCCO3)c1C#N. The van der Waals surface area contributed by atoms with Gasteiger partial charge < -0.3 is 40.0 Å². The molecule has 0 atom stereocenters. The molecular formula is C36H36N6O6. The molecule has 3 aromatic carbocycles. The minimum Gasteiger partial charge on any atom is -0.488 e. The van der Waals surface area contributed by atoms with Gasteiger partial charge in [0.15, 0.2) is 11.5 Å². The Kier molecular flexibility index (Phi) is 11.6. The number of aliphatic hydroxyl groups is 1. The molecule has 12 nitrogen and oxygen atoms in total. The quantitative estimate of drug-likeness (QED) is 0.146. The maximum Gasteiger partial charge on any atom is 0.314 e. The first kappa shape index (κ1) is 33.5. The normalized spacial score (nSPS) is 11.6. The van der Waals surface area contributed by atoms with Gasteiger partial charge in [-0.05, 0) is 47.9 Å². The number of urea groups is 1. The summed E-state index contributed by atoms with van der Waals surface area (Å²) in [6.07, 6.45) is 3.14. The molecule has 1 aromatic heterocycles. The molecule has 0 spiro atoms. The molecule has 1 aliphatic rings. The number of ether oxygens (including phenoxy) is 4. The molecule has 0 unspecified atom stereocenters. The van der Waals surface area contributed by atoms with Gasteiger partial charge >= 0.3 is 6.03 Å². The topological polar surface area (TPSA) is 171 Å². The van der Waals surface area contributed by atoms with Gasteiger partial charge in [-0.1, -0.05) is 24.3 Å². The number of hydrogen-bond acceptors (Lipinski definition) is 10. The van der Waals surface area contributed by atoms with Crippen molar-refractivity contribution in [2.75, 3.05) is 39.5 Å². The third kappa shape index (κ3) is 8.70. The number of carbonyl (C=O) groups is 1. The van der Waals surface area contributed by atoms with E-state index in [0.29, 0.717) is 67.0 Å². The van der Waals surface area contributed by atoms with Gasteiger partial charge in [0.25, 0.3) is 0 Å². The van der Waals surface area contributed by atoms with E-state index in [9.17, 15) is 15.3 Å². The summed E-state index contributed by atoms with van der Waals surface area (Å²) in [6.45, 7) is 4.62. The average molecular weight is 649 g/mol. The lowest BCUT2D eigenvalue weighted by atomic mass is 9.96. The predicted molar refractivity (Wildman–Crippen MR) is 177 cm³/mol. The van der Waals surface area contributed by atoms with Crippen molar-refractivity contribution in [3.8, 4) is 46.3 Å². The van der Waals surface area contributed by atoms with E-state index < -0.39 is 0 Å². The van der Waals surface area contributed by atoms with Crippen LogP contribution in [0.15, 0.2) is 67.0 Å². The molecule has 48 heavy (non-hydrogen) atoms. The molecule has 2 heterocycles. The second kappa shape index (κ2) is 16.7. The van der Waals surface area contributed by atoms with Crippen molar-refractivity contribution >= 4 is 6.03 Å². The summed E-state index contributed by atoms with van der Waals surface area (Å²) in [6, 6.07) is 21.0. The van der Waals surface area contributed by atoms with Crippen LogP contribution in [0.5, 0.6) is 23.0 Å². The van der Waals surface area contributed by atoms with E-state index in [4.69, 9.17) is 24.1 Å². The molecule has 2 amide bonds. The van der Waals surface area contributed by atoms with Crippen molar-refractivity contribution in [1.29, 1.82) is 10.5 Å². The Bertz CT molecular complexity index is 1830. The Morgan fingerprint density at radius 2 is 1.71 bits per heavy atom. The summed E-state index contributed by atoms with van der Waals surface area (Å²) in [7, 11) is 0. The van der Waals surface area contributed by atoms with Gasteiger partial charge in [0, 0.05) is 61.3 Å². The minimum absolute atomic E-state index is 0.128. The van der Waals surface area contributed by atoms with E-state index in [0.717, 1.165) is 33.4 Å². The van der Waals surface area contributed by atoms with Crippen molar-refractivity contribution in [1.82, 2.24) is 20.9 Å². The van der Waals surface area contributed by atoms with Crippen molar-refractivity contribution in [2.45, 2.75) is 26.7 Å². The van der Waals surface area contributed by atoms with Crippen LogP contribution in [0, 0.1) is 29.6 Å². The van der Waals surface area contributed by atoms with Crippen molar-refractivity contribution in [3.05, 3.63) is 100 Å². The van der Waals surface area contributed by atoms with Gasteiger partial charge in [-0.3, -0.25) is 4.98 Å². The van der Waals surface area contributed by atoms with E-state index >= 15 is 0 Å². The summed E-state index contributed by atoms with van der Waals surface area (Å²) >= 11 is 0. The molecule has 0 fully saturated rings. The molecule has 4 N–H and O–H groups in total. The Labute approximate surface area is 278 Å². The Morgan fingerprint density at radius 3 is 2.52 bits per heavy atom. The number of aromatic nitrogens is 1. The fraction of sp³-hybridized carbons (Fsp3) is 0.278. The number of nitrogens with zero attached hydrogens (tertiary/aromatic N) is 3. The molecule has 5 rings (SSSR count). The van der Waals surface area contributed by atoms with Crippen molar-refractivity contribution in [2.24, 2.45) is 0 Å². The number of pyridine rings is 1. The fourth-order valence-electron chi connectivity index (χ4n) is 5.12. The van der Waals surface area contributed by atoms with Crippen LogP contribution >= 0.6 is 0 Å². The molecule has 0 saturated heterocycles. The summed E-state index contributed by atoms with van der Waals surface area (Å²) in [5.41, 5.74) is 5.77. The fourth-order valence-corrected chi connectivity index (χ4v) is 5.12. The van der Waals surface area contributed by atoms with Crippen LogP contribution in [0.4, 0.5) is 4.79 Å². The van der Waals surface area contributed by atoms with Crippen LogP contribution in [0.3, 0.4) is 0 Å². The van der Waals surface area contributed by atoms with E-state index in [1.54, 1.807) is 12.3 Å². The van der Waals surface area contributed by atoms with E-state index in [1.807, 2.05) is 55.5 Å². The number of hydrogen-bond donors (Lipinski definition) is 4. The highest BCUT2D eigenvalue weighted by Crippen LogP contribution is 2.37.